The third-order valence-corrected chi connectivity index (χ3v) is 1.65. The predicted octanol–water partition coefficient (Wildman–Crippen LogP) is 0.353. The molecule has 2 atom stereocenters. The molecular weight excluding hydrogens is 123 g/mol. The third kappa shape index (κ3) is 1.63. The van der Waals surface area contributed by atoms with Gasteiger partial charge in [0.25, 0.3) is 0 Å². The lowest BCUT2D eigenvalue weighted by Crippen LogP contribution is -2.19. The molecule has 0 aromatic heterocycles. The Kier molecular flexibility index (Phi) is 2.42. The number of rotatable bonds is 2. The Bertz CT molecular complexity index is 81.1. The summed E-state index contributed by atoms with van der Waals surface area (Å²) in [5, 5.41) is 8.36. The molecule has 3 heteroatoms. The third-order valence-electron chi connectivity index (χ3n) is 1.65. The molecule has 1 aliphatic heterocycles. The Morgan fingerprint density at radius 3 is 3.00 bits per heavy atom. The molecule has 54 valence electrons. The maximum Gasteiger partial charge on any atom is 0.128 e. The summed E-state index contributed by atoms with van der Waals surface area (Å²) in [7, 11) is 0. The van der Waals surface area contributed by atoms with E-state index in [1.807, 2.05) is 0 Å². The van der Waals surface area contributed by atoms with Crippen LogP contribution in [0.4, 0.5) is 4.39 Å². The molecule has 0 spiro atoms. The van der Waals surface area contributed by atoms with Crippen LogP contribution in [0.15, 0.2) is 0 Å². The predicted molar refractivity (Wildman–Crippen MR) is 30.9 cm³/mol. The summed E-state index contributed by atoms with van der Waals surface area (Å²) in [4.78, 5) is 0. The average molecular weight is 134 g/mol. The van der Waals surface area contributed by atoms with Gasteiger partial charge in [0.2, 0.25) is 0 Å². The smallest absolute Gasteiger partial charge is 0.128 e. The number of aliphatic hydroxyl groups is 1. The summed E-state index contributed by atoms with van der Waals surface area (Å²) in [5.41, 5.74) is 0. The van der Waals surface area contributed by atoms with Crippen LogP contribution in [-0.2, 0) is 4.74 Å². The highest BCUT2D eigenvalue weighted by Crippen LogP contribution is 2.18. The fourth-order valence-corrected chi connectivity index (χ4v) is 0.987. The zero-order valence-electron chi connectivity index (χ0n) is 5.22. The van der Waals surface area contributed by atoms with E-state index < -0.39 is 6.17 Å². The first-order chi connectivity index (χ1) is 4.34. The summed E-state index contributed by atoms with van der Waals surface area (Å²) in [6.45, 7) is 0.751. The number of alkyl halides is 1. The molecule has 0 bridgehead atoms. The summed E-state index contributed by atoms with van der Waals surface area (Å²) < 4.78 is 17.4. The average Bonchev–Trinajstić information content (AvgIpc) is 2.37. The molecule has 1 heterocycles. The Morgan fingerprint density at radius 1 is 1.78 bits per heavy atom. The molecule has 0 amide bonds. The van der Waals surface area contributed by atoms with Gasteiger partial charge < -0.3 is 9.84 Å². The van der Waals surface area contributed by atoms with E-state index in [0.717, 1.165) is 6.42 Å². The van der Waals surface area contributed by atoms with Gasteiger partial charge in [-0.2, -0.15) is 0 Å². The molecule has 2 nitrogen and oxygen atoms in total. The van der Waals surface area contributed by atoms with Gasteiger partial charge in [-0.3, -0.25) is 0 Å². The molecule has 0 aromatic carbocycles. The fourth-order valence-electron chi connectivity index (χ4n) is 0.987. The summed E-state index contributed by atoms with van der Waals surface area (Å²) in [5.74, 6) is -0.0602. The van der Waals surface area contributed by atoms with E-state index in [4.69, 9.17) is 9.84 Å². The molecule has 0 aliphatic carbocycles. The molecule has 1 N–H and O–H groups in total. The summed E-state index contributed by atoms with van der Waals surface area (Å²) in [6.07, 6.45) is -0.325. The van der Waals surface area contributed by atoms with Crippen LogP contribution in [0.5, 0.6) is 0 Å². The van der Waals surface area contributed by atoms with Gasteiger partial charge in [-0.1, -0.05) is 0 Å². The normalized spacial score (nSPS) is 30.7. The van der Waals surface area contributed by atoms with Crippen molar-refractivity contribution in [1.29, 1.82) is 0 Å². The molecule has 2 unspecified atom stereocenters. The molecule has 0 radical (unpaired) electrons. The molecule has 1 aliphatic rings. The second kappa shape index (κ2) is 3.13. The number of ether oxygens (including phenoxy) is 1. The van der Waals surface area contributed by atoms with Crippen molar-refractivity contribution in [3.8, 4) is 0 Å². The van der Waals surface area contributed by atoms with Crippen LogP contribution in [0.25, 0.3) is 0 Å². The van der Waals surface area contributed by atoms with E-state index in [0.29, 0.717) is 13.2 Å². The quantitative estimate of drug-likeness (QED) is 0.590. The highest BCUT2D eigenvalue weighted by atomic mass is 19.1. The van der Waals surface area contributed by atoms with Gasteiger partial charge in [0.05, 0.1) is 13.2 Å². The summed E-state index contributed by atoms with van der Waals surface area (Å²) in [6, 6.07) is 0. The molecule has 9 heavy (non-hydrogen) atoms. The van der Waals surface area contributed by atoms with Crippen LogP contribution < -0.4 is 0 Å². The second-order valence-corrected chi connectivity index (χ2v) is 2.32. The van der Waals surface area contributed by atoms with Gasteiger partial charge in [-0.15, -0.1) is 0 Å². The van der Waals surface area contributed by atoms with Gasteiger partial charge in [0.1, 0.15) is 6.17 Å². The molecule has 0 saturated carbocycles. The van der Waals surface area contributed by atoms with Crippen molar-refractivity contribution in [2.45, 2.75) is 12.6 Å². The van der Waals surface area contributed by atoms with Gasteiger partial charge in [0.15, 0.2) is 0 Å². The lowest BCUT2D eigenvalue weighted by molar-refractivity contribution is 0.108. The lowest BCUT2D eigenvalue weighted by Gasteiger charge is -2.09. The lowest BCUT2D eigenvalue weighted by atomic mass is 10.0. The van der Waals surface area contributed by atoms with Crippen molar-refractivity contribution in [3.63, 3.8) is 0 Å². The van der Waals surface area contributed by atoms with Crippen LogP contribution in [0, 0.1) is 5.92 Å². The SMILES string of the molecule is OCC(F)C1CCOC1. The van der Waals surface area contributed by atoms with Crippen molar-refractivity contribution in [1.82, 2.24) is 0 Å². The standard InChI is InChI=1S/C6H11FO2/c7-6(3-8)5-1-2-9-4-5/h5-6,8H,1-4H2. The van der Waals surface area contributed by atoms with Gasteiger partial charge in [-0.25, -0.2) is 4.39 Å². The maximum absolute atomic E-state index is 12.5. The van der Waals surface area contributed by atoms with E-state index in [9.17, 15) is 4.39 Å². The Morgan fingerprint density at radius 2 is 2.56 bits per heavy atom. The Balaban J connectivity index is 2.24. The molecular formula is C6H11FO2. The molecule has 1 saturated heterocycles. The van der Waals surface area contributed by atoms with Gasteiger partial charge >= 0.3 is 0 Å². The van der Waals surface area contributed by atoms with E-state index in [2.05, 4.69) is 0 Å². The van der Waals surface area contributed by atoms with Crippen LogP contribution in [0.2, 0.25) is 0 Å². The topological polar surface area (TPSA) is 29.5 Å². The molecule has 1 fully saturated rings. The highest BCUT2D eigenvalue weighted by molar-refractivity contribution is 4.71. The van der Waals surface area contributed by atoms with E-state index >= 15 is 0 Å². The van der Waals surface area contributed by atoms with Crippen LogP contribution in [-0.4, -0.2) is 31.1 Å². The van der Waals surface area contributed by atoms with Crippen molar-refractivity contribution >= 4 is 0 Å². The van der Waals surface area contributed by atoms with Gasteiger partial charge in [-0.05, 0) is 6.42 Å². The van der Waals surface area contributed by atoms with E-state index in [1.165, 1.54) is 0 Å². The first-order valence-corrected chi connectivity index (χ1v) is 3.17. The van der Waals surface area contributed by atoms with Crippen molar-refractivity contribution in [2.75, 3.05) is 19.8 Å². The zero-order valence-corrected chi connectivity index (χ0v) is 5.22. The second-order valence-electron chi connectivity index (χ2n) is 2.32. The minimum atomic E-state index is -1.08. The van der Waals surface area contributed by atoms with E-state index in [-0.39, 0.29) is 12.5 Å². The van der Waals surface area contributed by atoms with Crippen LogP contribution in [0.3, 0.4) is 0 Å². The number of halogens is 1. The maximum atomic E-state index is 12.5. The van der Waals surface area contributed by atoms with Crippen LogP contribution >= 0.6 is 0 Å². The van der Waals surface area contributed by atoms with Crippen LogP contribution in [0.1, 0.15) is 6.42 Å². The summed E-state index contributed by atoms with van der Waals surface area (Å²) >= 11 is 0. The van der Waals surface area contributed by atoms with Gasteiger partial charge in [0, 0.05) is 12.5 Å². The highest BCUT2D eigenvalue weighted by Gasteiger charge is 2.24. The fraction of sp³-hybridized carbons (Fsp3) is 1.00. The molecule has 1 rings (SSSR count). The largest absolute Gasteiger partial charge is 0.393 e. The zero-order chi connectivity index (χ0) is 6.69. The Labute approximate surface area is 53.6 Å². The van der Waals surface area contributed by atoms with Crippen molar-refractivity contribution < 1.29 is 14.2 Å². The monoisotopic (exact) mass is 134 g/mol. The Hall–Kier alpha value is -0.150. The van der Waals surface area contributed by atoms with Crippen molar-refractivity contribution in [2.24, 2.45) is 5.92 Å². The van der Waals surface area contributed by atoms with Crippen molar-refractivity contribution in [3.05, 3.63) is 0 Å². The number of hydrogen-bond donors (Lipinski definition) is 1. The first kappa shape index (κ1) is 6.96. The minimum absolute atomic E-state index is 0.0602. The minimum Gasteiger partial charge on any atom is -0.393 e. The first-order valence-electron chi connectivity index (χ1n) is 3.17. The molecule has 0 aromatic rings. The number of aliphatic hydroxyl groups excluding tert-OH is 1. The van der Waals surface area contributed by atoms with E-state index in [1.54, 1.807) is 0 Å². The number of hydrogen-bond acceptors (Lipinski definition) is 2.